The number of nitrogens with zero attached hydrogens (tertiary/aromatic N) is 2. The largest absolute Gasteiger partial charge is 0.359 e. The van der Waals surface area contributed by atoms with Gasteiger partial charge in [-0.25, -0.2) is 4.90 Å². The van der Waals surface area contributed by atoms with Gasteiger partial charge in [-0.1, -0.05) is 12.2 Å². The summed E-state index contributed by atoms with van der Waals surface area (Å²) < 4.78 is 5.92. The van der Waals surface area contributed by atoms with Gasteiger partial charge in [0, 0.05) is 12.1 Å². The van der Waals surface area contributed by atoms with E-state index in [4.69, 9.17) is 4.74 Å². The standard InChI is InChI=1S/C16H14N2O5/c1-15-7-8-16(2,23-15)12-11(15)13(19)17(14(12)20)9-3-5-10(6-4-9)18(21)22/h3-8,11-12H,1-2H3/t11-,12-,15-,16+/m0/s1. The van der Waals surface area contributed by atoms with Gasteiger partial charge in [0.1, 0.15) is 0 Å². The average molecular weight is 314 g/mol. The zero-order valence-electron chi connectivity index (χ0n) is 12.6. The maximum Gasteiger partial charge on any atom is 0.269 e. The van der Waals surface area contributed by atoms with Crippen LogP contribution < -0.4 is 4.90 Å². The molecule has 3 aliphatic heterocycles. The van der Waals surface area contributed by atoms with Crippen molar-refractivity contribution in [2.45, 2.75) is 25.0 Å². The summed E-state index contributed by atoms with van der Waals surface area (Å²) in [6, 6.07) is 5.43. The Balaban J connectivity index is 1.75. The molecule has 0 aromatic heterocycles. The quantitative estimate of drug-likeness (QED) is 0.359. The van der Waals surface area contributed by atoms with E-state index in [0.29, 0.717) is 5.69 Å². The van der Waals surface area contributed by atoms with Crippen molar-refractivity contribution >= 4 is 23.2 Å². The van der Waals surface area contributed by atoms with Crippen LogP contribution in [0.3, 0.4) is 0 Å². The number of carbonyl (C=O) groups excluding carboxylic acids is 2. The molecule has 1 aromatic carbocycles. The molecule has 0 unspecified atom stereocenters. The van der Waals surface area contributed by atoms with Crippen LogP contribution in [0.25, 0.3) is 0 Å². The molecule has 2 bridgehead atoms. The number of non-ortho nitro benzene ring substituents is 1. The van der Waals surface area contributed by atoms with Crippen LogP contribution in [0.15, 0.2) is 36.4 Å². The van der Waals surface area contributed by atoms with Gasteiger partial charge in [0.2, 0.25) is 11.8 Å². The zero-order chi connectivity index (χ0) is 16.6. The second-order valence-corrected chi connectivity index (χ2v) is 6.54. The molecule has 2 saturated heterocycles. The third-order valence-electron chi connectivity index (χ3n) is 5.05. The maximum atomic E-state index is 12.8. The zero-order valence-corrected chi connectivity index (χ0v) is 12.6. The number of benzene rings is 1. The van der Waals surface area contributed by atoms with E-state index in [2.05, 4.69) is 0 Å². The number of hydrogen-bond acceptors (Lipinski definition) is 5. The third-order valence-corrected chi connectivity index (χ3v) is 5.05. The summed E-state index contributed by atoms with van der Waals surface area (Å²) in [7, 11) is 0. The van der Waals surface area contributed by atoms with E-state index < -0.39 is 28.0 Å². The number of carbonyl (C=O) groups is 2. The smallest absolute Gasteiger partial charge is 0.269 e. The van der Waals surface area contributed by atoms with E-state index in [1.807, 2.05) is 26.0 Å². The number of nitro benzene ring substituents is 1. The lowest BCUT2D eigenvalue weighted by molar-refractivity contribution is -0.384. The summed E-state index contributed by atoms with van der Waals surface area (Å²) in [5, 5.41) is 10.7. The summed E-state index contributed by atoms with van der Waals surface area (Å²) in [6.07, 6.45) is 3.69. The lowest BCUT2D eigenvalue weighted by atomic mass is 9.73. The van der Waals surface area contributed by atoms with E-state index in [1.165, 1.54) is 24.3 Å². The van der Waals surface area contributed by atoms with Crippen LogP contribution in [-0.4, -0.2) is 27.9 Å². The number of nitro groups is 1. The van der Waals surface area contributed by atoms with Crippen LogP contribution in [0.4, 0.5) is 11.4 Å². The van der Waals surface area contributed by atoms with Crippen molar-refractivity contribution in [3.8, 4) is 0 Å². The molecule has 23 heavy (non-hydrogen) atoms. The van der Waals surface area contributed by atoms with Crippen LogP contribution in [0, 0.1) is 22.0 Å². The predicted octanol–water partition coefficient (Wildman–Crippen LogP) is 1.82. The Bertz CT molecular complexity index is 750. The van der Waals surface area contributed by atoms with Crippen molar-refractivity contribution < 1.29 is 19.2 Å². The van der Waals surface area contributed by atoms with Gasteiger partial charge in [-0.2, -0.15) is 0 Å². The topological polar surface area (TPSA) is 89.8 Å². The van der Waals surface area contributed by atoms with Crippen molar-refractivity contribution in [1.82, 2.24) is 0 Å². The van der Waals surface area contributed by atoms with Gasteiger partial charge in [0.05, 0.1) is 33.6 Å². The van der Waals surface area contributed by atoms with E-state index in [9.17, 15) is 19.7 Å². The highest BCUT2D eigenvalue weighted by atomic mass is 16.6. The average Bonchev–Trinajstić information content (AvgIpc) is 3.04. The molecule has 2 amide bonds. The number of hydrogen-bond donors (Lipinski definition) is 0. The van der Waals surface area contributed by atoms with E-state index in [0.717, 1.165) is 4.90 Å². The molecular weight excluding hydrogens is 300 g/mol. The van der Waals surface area contributed by atoms with Gasteiger partial charge < -0.3 is 4.74 Å². The molecule has 1 aromatic rings. The van der Waals surface area contributed by atoms with Gasteiger partial charge in [0.15, 0.2) is 0 Å². The van der Waals surface area contributed by atoms with Crippen LogP contribution in [0.1, 0.15) is 13.8 Å². The van der Waals surface area contributed by atoms with Crippen LogP contribution in [0.5, 0.6) is 0 Å². The molecule has 0 aliphatic carbocycles. The number of ether oxygens (including phenoxy) is 1. The Kier molecular flexibility index (Phi) is 2.48. The minimum atomic E-state index is -0.776. The Labute approximate surface area is 131 Å². The van der Waals surface area contributed by atoms with Crippen molar-refractivity contribution in [2.75, 3.05) is 4.90 Å². The molecule has 7 nitrogen and oxygen atoms in total. The first-order valence-corrected chi connectivity index (χ1v) is 7.30. The summed E-state index contributed by atoms with van der Waals surface area (Å²) in [4.78, 5) is 37.0. The summed E-state index contributed by atoms with van der Waals surface area (Å²) >= 11 is 0. The second-order valence-electron chi connectivity index (χ2n) is 6.54. The Hall–Kier alpha value is -2.54. The van der Waals surface area contributed by atoms with Crippen molar-refractivity contribution in [1.29, 1.82) is 0 Å². The van der Waals surface area contributed by atoms with Crippen LogP contribution >= 0.6 is 0 Å². The highest BCUT2D eigenvalue weighted by molar-refractivity contribution is 6.23. The molecule has 7 heteroatoms. The van der Waals surface area contributed by atoms with Crippen LogP contribution in [-0.2, 0) is 14.3 Å². The normalized spacial score (nSPS) is 37.6. The van der Waals surface area contributed by atoms with Gasteiger partial charge in [-0.05, 0) is 26.0 Å². The number of rotatable bonds is 2. The van der Waals surface area contributed by atoms with E-state index in [1.54, 1.807) is 0 Å². The molecule has 0 spiro atoms. The van der Waals surface area contributed by atoms with Crippen molar-refractivity contribution in [3.05, 3.63) is 46.5 Å². The molecule has 3 heterocycles. The second kappa shape index (κ2) is 4.05. The minimum Gasteiger partial charge on any atom is -0.359 e. The molecule has 0 N–H and O–H groups in total. The maximum absolute atomic E-state index is 12.8. The predicted molar refractivity (Wildman–Crippen MR) is 79.6 cm³/mol. The summed E-state index contributed by atoms with van der Waals surface area (Å²) in [6.45, 7) is 3.62. The molecule has 118 valence electrons. The number of imide groups is 1. The molecule has 0 saturated carbocycles. The fraction of sp³-hybridized carbons (Fsp3) is 0.375. The fourth-order valence-electron chi connectivity index (χ4n) is 4.01. The minimum absolute atomic E-state index is 0.0861. The molecule has 0 radical (unpaired) electrons. The first kappa shape index (κ1) is 14.1. The van der Waals surface area contributed by atoms with E-state index >= 15 is 0 Å². The first-order chi connectivity index (χ1) is 10.8. The van der Waals surface area contributed by atoms with Gasteiger partial charge in [-0.3, -0.25) is 19.7 Å². The van der Waals surface area contributed by atoms with E-state index in [-0.39, 0.29) is 17.5 Å². The summed E-state index contributed by atoms with van der Waals surface area (Å²) in [5.74, 6) is -1.74. The lowest BCUT2D eigenvalue weighted by Gasteiger charge is -2.25. The SMILES string of the molecule is C[C@]12C=C[C@](C)(O1)[C@@H]1C(=O)N(c3ccc([N+](=O)[O-])cc3)C(=O)[C@H]12. The highest BCUT2D eigenvalue weighted by Crippen LogP contribution is 2.57. The monoisotopic (exact) mass is 314 g/mol. The molecule has 4 atom stereocenters. The van der Waals surface area contributed by atoms with Gasteiger partial charge >= 0.3 is 0 Å². The van der Waals surface area contributed by atoms with Crippen molar-refractivity contribution in [2.24, 2.45) is 11.8 Å². The number of anilines is 1. The first-order valence-electron chi connectivity index (χ1n) is 7.30. The lowest BCUT2D eigenvalue weighted by Crippen LogP contribution is -2.39. The highest BCUT2D eigenvalue weighted by Gasteiger charge is 2.70. The third kappa shape index (κ3) is 1.62. The molecular formula is C16H14N2O5. The molecule has 2 fully saturated rings. The van der Waals surface area contributed by atoms with Crippen molar-refractivity contribution in [3.63, 3.8) is 0 Å². The molecule has 4 rings (SSSR count). The summed E-state index contributed by atoms with van der Waals surface area (Å²) in [5.41, 5.74) is -1.28. The molecule has 3 aliphatic rings. The van der Waals surface area contributed by atoms with Gasteiger partial charge in [0.25, 0.3) is 5.69 Å². The fourth-order valence-corrected chi connectivity index (χ4v) is 4.01. The Morgan fingerprint density at radius 2 is 1.52 bits per heavy atom. The Morgan fingerprint density at radius 1 is 1.04 bits per heavy atom. The Morgan fingerprint density at radius 3 is 1.96 bits per heavy atom. The number of amides is 2. The van der Waals surface area contributed by atoms with Gasteiger partial charge in [-0.15, -0.1) is 0 Å². The number of fused-ring (bicyclic) bond motifs is 5. The van der Waals surface area contributed by atoms with Crippen LogP contribution in [0.2, 0.25) is 0 Å².